The van der Waals surface area contributed by atoms with Crippen LogP contribution in [0.3, 0.4) is 0 Å². The van der Waals surface area contributed by atoms with Crippen molar-refractivity contribution in [3.63, 3.8) is 0 Å². The summed E-state index contributed by atoms with van der Waals surface area (Å²) in [6.45, 7) is 5.94. The molecule has 0 saturated carbocycles. The first-order valence-electron chi connectivity index (χ1n) is 6.46. The van der Waals surface area contributed by atoms with Gasteiger partial charge in [-0.15, -0.1) is 24.0 Å². The zero-order valence-corrected chi connectivity index (χ0v) is 14.5. The van der Waals surface area contributed by atoms with Crippen LogP contribution in [-0.4, -0.2) is 24.5 Å². The van der Waals surface area contributed by atoms with Gasteiger partial charge in [-0.25, -0.2) is 4.99 Å². The fourth-order valence-electron chi connectivity index (χ4n) is 1.54. The molecule has 1 aromatic carbocycles. The van der Waals surface area contributed by atoms with Crippen LogP contribution >= 0.6 is 24.0 Å². The number of carbonyl (C=O) groups is 1. The largest absolute Gasteiger partial charge is 0.370 e. The van der Waals surface area contributed by atoms with Crippen molar-refractivity contribution < 1.29 is 4.79 Å². The molecule has 0 spiro atoms. The van der Waals surface area contributed by atoms with Gasteiger partial charge in [-0.1, -0.05) is 19.1 Å². The molecule has 0 unspecified atom stereocenters. The highest BCUT2D eigenvalue weighted by molar-refractivity contribution is 14.0. The van der Waals surface area contributed by atoms with Crippen LogP contribution in [0.4, 0.5) is 5.69 Å². The Labute approximate surface area is 137 Å². The standard InChI is InChI=1S/C14H22N4O.HI/c1-4-11-5-7-12(8-6-11)18-14(15)16-9-13(19)17-10(2)3;/h5-8,10H,4,9H2,1-3H3,(H,17,19)(H3,15,16,18);1H. The van der Waals surface area contributed by atoms with Crippen molar-refractivity contribution in [2.45, 2.75) is 33.2 Å². The molecule has 1 rings (SSSR count). The average Bonchev–Trinajstić information content (AvgIpc) is 2.36. The number of nitrogens with zero attached hydrogens (tertiary/aromatic N) is 1. The molecule has 0 aromatic heterocycles. The molecular weight excluding hydrogens is 367 g/mol. The summed E-state index contributed by atoms with van der Waals surface area (Å²) in [7, 11) is 0. The lowest BCUT2D eigenvalue weighted by Gasteiger charge is -2.08. The summed E-state index contributed by atoms with van der Waals surface area (Å²) < 4.78 is 0. The first kappa shape index (κ1) is 18.7. The normalized spacial score (nSPS) is 10.9. The van der Waals surface area contributed by atoms with E-state index in [1.807, 2.05) is 38.1 Å². The molecule has 0 bridgehead atoms. The lowest BCUT2D eigenvalue weighted by atomic mass is 10.1. The number of anilines is 1. The van der Waals surface area contributed by atoms with Crippen molar-refractivity contribution in [3.05, 3.63) is 29.8 Å². The van der Waals surface area contributed by atoms with Crippen LogP contribution in [0.5, 0.6) is 0 Å². The van der Waals surface area contributed by atoms with Crippen molar-refractivity contribution in [3.8, 4) is 0 Å². The first-order valence-corrected chi connectivity index (χ1v) is 6.46. The molecule has 0 radical (unpaired) electrons. The van der Waals surface area contributed by atoms with Crippen molar-refractivity contribution in [2.24, 2.45) is 10.7 Å². The van der Waals surface area contributed by atoms with Gasteiger partial charge >= 0.3 is 0 Å². The molecule has 112 valence electrons. The SMILES string of the molecule is CCc1ccc(NC(N)=NCC(=O)NC(C)C)cc1.I. The Kier molecular flexibility index (Phi) is 8.94. The predicted molar refractivity (Wildman–Crippen MR) is 94.6 cm³/mol. The number of hydrogen-bond donors (Lipinski definition) is 3. The van der Waals surface area contributed by atoms with E-state index in [4.69, 9.17) is 5.73 Å². The molecular formula is C14H23IN4O. The van der Waals surface area contributed by atoms with E-state index < -0.39 is 0 Å². The molecule has 0 aliphatic heterocycles. The third-order valence-electron chi connectivity index (χ3n) is 2.48. The molecule has 0 heterocycles. The number of guanidine groups is 1. The van der Waals surface area contributed by atoms with Crippen molar-refractivity contribution in [1.29, 1.82) is 0 Å². The number of nitrogens with one attached hydrogen (secondary N) is 2. The van der Waals surface area contributed by atoms with Gasteiger partial charge in [0.15, 0.2) is 5.96 Å². The number of benzene rings is 1. The third kappa shape index (κ3) is 7.32. The van der Waals surface area contributed by atoms with Gasteiger partial charge in [-0.05, 0) is 38.0 Å². The topological polar surface area (TPSA) is 79.5 Å². The Morgan fingerprint density at radius 2 is 1.90 bits per heavy atom. The van der Waals surface area contributed by atoms with Crippen LogP contribution in [0.15, 0.2) is 29.3 Å². The van der Waals surface area contributed by atoms with E-state index in [9.17, 15) is 4.79 Å². The van der Waals surface area contributed by atoms with E-state index in [-0.39, 0.29) is 48.4 Å². The second-order valence-corrected chi connectivity index (χ2v) is 4.60. The van der Waals surface area contributed by atoms with Crippen molar-refractivity contribution >= 4 is 41.5 Å². The highest BCUT2D eigenvalue weighted by Crippen LogP contribution is 2.09. The van der Waals surface area contributed by atoms with Gasteiger partial charge in [0.1, 0.15) is 6.54 Å². The van der Waals surface area contributed by atoms with Crippen molar-refractivity contribution in [2.75, 3.05) is 11.9 Å². The van der Waals surface area contributed by atoms with E-state index >= 15 is 0 Å². The summed E-state index contributed by atoms with van der Waals surface area (Å²) in [4.78, 5) is 15.4. The molecule has 1 aromatic rings. The van der Waals surface area contributed by atoms with Crippen LogP contribution < -0.4 is 16.4 Å². The van der Waals surface area contributed by atoms with E-state index in [1.54, 1.807) is 0 Å². The van der Waals surface area contributed by atoms with E-state index in [2.05, 4.69) is 22.5 Å². The van der Waals surface area contributed by atoms with Crippen LogP contribution in [0.2, 0.25) is 0 Å². The zero-order chi connectivity index (χ0) is 14.3. The summed E-state index contributed by atoms with van der Waals surface area (Å²) in [5.41, 5.74) is 7.84. The molecule has 20 heavy (non-hydrogen) atoms. The molecule has 0 aliphatic carbocycles. The maximum Gasteiger partial charge on any atom is 0.242 e. The van der Waals surface area contributed by atoms with Gasteiger partial charge in [0.25, 0.3) is 0 Å². The van der Waals surface area contributed by atoms with Gasteiger partial charge in [-0.3, -0.25) is 4.79 Å². The maximum atomic E-state index is 11.4. The number of aryl methyl sites for hydroxylation is 1. The van der Waals surface area contributed by atoms with Crippen LogP contribution in [0.1, 0.15) is 26.3 Å². The molecule has 4 N–H and O–H groups in total. The first-order chi connectivity index (χ1) is 9.01. The molecule has 5 nitrogen and oxygen atoms in total. The second-order valence-electron chi connectivity index (χ2n) is 4.60. The Bertz CT molecular complexity index is 443. The zero-order valence-electron chi connectivity index (χ0n) is 12.1. The van der Waals surface area contributed by atoms with Gasteiger partial charge in [0.2, 0.25) is 5.91 Å². The number of rotatable bonds is 5. The number of carbonyl (C=O) groups excluding carboxylic acids is 1. The van der Waals surface area contributed by atoms with Gasteiger partial charge in [0.05, 0.1) is 0 Å². The quantitative estimate of drug-likeness (QED) is 0.409. The second kappa shape index (κ2) is 9.57. The highest BCUT2D eigenvalue weighted by atomic mass is 127. The van der Waals surface area contributed by atoms with Crippen molar-refractivity contribution in [1.82, 2.24) is 5.32 Å². The minimum absolute atomic E-state index is 0. The molecule has 6 heteroatoms. The monoisotopic (exact) mass is 390 g/mol. The molecule has 0 atom stereocenters. The van der Waals surface area contributed by atoms with Gasteiger partial charge < -0.3 is 16.4 Å². The highest BCUT2D eigenvalue weighted by Gasteiger charge is 2.02. The Hall–Kier alpha value is -1.31. The van der Waals surface area contributed by atoms with Crippen LogP contribution in [0, 0.1) is 0 Å². The van der Waals surface area contributed by atoms with E-state index in [0.29, 0.717) is 0 Å². The lowest BCUT2D eigenvalue weighted by molar-refractivity contribution is -0.120. The minimum Gasteiger partial charge on any atom is -0.370 e. The van der Waals surface area contributed by atoms with Gasteiger partial charge in [0, 0.05) is 11.7 Å². The van der Waals surface area contributed by atoms with Gasteiger partial charge in [-0.2, -0.15) is 0 Å². The Morgan fingerprint density at radius 1 is 1.30 bits per heavy atom. The summed E-state index contributed by atoms with van der Waals surface area (Å²) in [5, 5.41) is 5.70. The van der Waals surface area contributed by atoms with E-state index in [0.717, 1.165) is 12.1 Å². The number of aliphatic imine (C=N–C) groups is 1. The number of nitrogens with two attached hydrogens (primary N) is 1. The summed E-state index contributed by atoms with van der Waals surface area (Å²) in [5.74, 6) is 0.101. The average molecular weight is 390 g/mol. The smallest absolute Gasteiger partial charge is 0.242 e. The summed E-state index contributed by atoms with van der Waals surface area (Å²) >= 11 is 0. The maximum absolute atomic E-state index is 11.4. The number of amides is 1. The number of hydrogen-bond acceptors (Lipinski definition) is 2. The fraction of sp³-hybridized carbons (Fsp3) is 0.429. The fourth-order valence-corrected chi connectivity index (χ4v) is 1.54. The van der Waals surface area contributed by atoms with Crippen LogP contribution in [-0.2, 0) is 11.2 Å². The molecule has 0 saturated heterocycles. The minimum atomic E-state index is -0.138. The summed E-state index contributed by atoms with van der Waals surface area (Å²) in [6, 6.07) is 8.05. The lowest BCUT2D eigenvalue weighted by Crippen LogP contribution is -2.33. The van der Waals surface area contributed by atoms with Crippen LogP contribution in [0.25, 0.3) is 0 Å². The van der Waals surface area contributed by atoms with E-state index in [1.165, 1.54) is 5.56 Å². The molecule has 0 aliphatic rings. The Morgan fingerprint density at radius 3 is 2.40 bits per heavy atom. The summed E-state index contributed by atoms with van der Waals surface area (Å²) in [6.07, 6.45) is 0.999. The molecule has 0 fully saturated rings. The molecule has 1 amide bonds. The third-order valence-corrected chi connectivity index (χ3v) is 2.48. The number of halogens is 1. The Balaban J connectivity index is 0.00000361. The predicted octanol–water partition coefficient (Wildman–Crippen LogP) is 2.12.